The second-order valence-corrected chi connectivity index (χ2v) is 4.76. The van der Waals surface area contributed by atoms with Gasteiger partial charge in [0.25, 0.3) is 0 Å². The molecule has 1 aliphatic carbocycles. The van der Waals surface area contributed by atoms with Crippen molar-refractivity contribution < 1.29 is 4.74 Å². The maximum absolute atomic E-state index is 5.10. The fraction of sp³-hybridized carbons (Fsp3) is 0.846. The summed E-state index contributed by atoms with van der Waals surface area (Å²) in [7, 11) is 0. The van der Waals surface area contributed by atoms with Gasteiger partial charge in [0.05, 0.1) is 12.9 Å². The normalized spacial score (nSPS) is 31.2. The van der Waals surface area contributed by atoms with Crippen LogP contribution in [0.2, 0.25) is 0 Å². The van der Waals surface area contributed by atoms with Gasteiger partial charge in [-0.2, -0.15) is 0 Å². The SMILES string of the molecule is C=COCCCNC1C(C)CCCC1C. The fourth-order valence-electron chi connectivity index (χ4n) is 2.59. The van der Waals surface area contributed by atoms with Crippen LogP contribution in [0.15, 0.2) is 12.8 Å². The third-order valence-corrected chi connectivity index (χ3v) is 3.48. The van der Waals surface area contributed by atoms with E-state index < -0.39 is 0 Å². The van der Waals surface area contributed by atoms with E-state index >= 15 is 0 Å². The molecule has 1 N–H and O–H groups in total. The van der Waals surface area contributed by atoms with E-state index in [1.54, 1.807) is 0 Å². The maximum Gasteiger partial charge on any atom is 0.0885 e. The zero-order valence-corrected chi connectivity index (χ0v) is 10.2. The van der Waals surface area contributed by atoms with Gasteiger partial charge >= 0.3 is 0 Å². The summed E-state index contributed by atoms with van der Waals surface area (Å²) in [4.78, 5) is 0. The molecule has 1 saturated carbocycles. The van der Waals surface area contributed by atoms with Crippen molar-refractivity contribution in [3.05, 3.63) is 12.8 Å². The second kappa shape index (κ2) is 6.89. The van der Waals surface area contributed by atoms with E-state index in [1.807, 2.05) is 0 Å². The van der Waals surface area contributed by atoms with Gasteiger partial charge in [-0.15, -0.1) is 0 Å². The highest BCUT2D eigenvalue weighted by Gasteiger charge is 2.26. The lowest BCUT2D eigenvalue weighted by molar-refractivity contribution is 0.197. The van der Waals surface area contributed by atoms with Gasteiger partial charge in [0.2, 0.25) is 0 Å². The minimum atomic E-state index is 0.711. The minimum absolute atomic E-state index is 0.711. The monoisotopic (exact) mass is 211 g/mol. The van der Waals surface area contributed by atoms with E-state index in [0.29, 0.717) is 6.04 Å². The summed E-state index contributed by atoms with van der Waals surface area (Å²) in [5.41, 5.74) is 0. The molecule has 15 heavy (non-hydrogen) atoms. The predicted octanol–water partition coefficient (Wildman–Crippen LogP) is 2.95. The standard InChI is InChI=1S/C13H25NO/c1-4-15-10-6-9-14-13-11(2)7-5-8-12(13)3/h4,11-14H,1,5-10H2,2-3H3. The molecule has 0 aromatic carbocycles. The van der Waals surface area contributed by atoms with Crippen molar-refractivity contribution in [3.8, 4) is 0 Å². The van der Waals surface area contributed by atoms with Crippen LogP contribution in [0.25, 0.3) is 0 Å². The topological polar surface area (TPSA) is 21.3 Å². The zero-order chi connectivity index (χ0) is 11.1. The molecule has 0 heterocycles. The lowest BCUT2D eigenvalue weighted by atomic mass is 9.79. The predicted molar refractivity (Wildman–Crippen MR) is 64.7 cm³/mol. The van der Waals surface area contributed by atoms with Gasteiger partial charge in [0.15, 0.2) is 0 Å². The second-order valence-electron chi connectivity index (χ2n) is 4.76. The average molecular weight is 211 g/mol. The molecule has 2 unspecified atom stereocenters. The molecule has 1 fully saturated rings. The summed E-state index contributed by atoms with van der Waals surface area (Å²) in [6.07, 6.45) is 6.75. The fourth-order valence-corrected chi connectivity index (χ4v) is 2.59. The van der Waals surface area contributed by atoms with Crippen LogP contribution in [0, 0.1) is 11.8 Å². The van der Waals surface area contributed by atoms with Crippen LogP contribution >= 0.6 is 0 Å². The molecule has 0 aromatic rings. The van der Waals surface area contributed by atoms with Crippen molar-refractivity contribution in [1.29, 1.82) is 0 Å². The Bertz CT molecular complexity index is 171. The first-order valence-corrected chi connectivity index (χ1v) is 6.21. The third-order valence-electron chi connectivity index (χ3n) is 3.48. The summed E-state index contributed by atoms with van der Waals surface area (Å²) >= 11 is 0. The molecule has 2 nitrogen and oxygen atoms in total. The Balaban J connectivity index is 2.14. The first-order valence-electron chi connectivity index (χ1n) is 6.21. The Morgan fingerprint density at radius 3 is 2.60 bits per heavy atom. The highest BCUT2D eigenvalue weighted by Crippen LogP contribution is 2.28. The summed E-state index contributed by atoms with van der Waals surface area (Å²) < 4.78 is 5.10. The van der Waals surface area contributed by atoms with E-state index in [0.717, 1.165) is 31.4 Å². The Kier molecular flexibility index (Phi) is 5.77. The Labute approximate surface area is 94.1 Å². The van der Waals surface area contributed by atoms with Gasteiger partial charge in [-0.1, -0.05) is 26.8 Å². The molecule has 0 aromatic heterocycles. The van der Waals surface area contributed by atoms with Gasteiger partial charge in [0.1, 0.15) is 0 Å². The first-order chi connectivity index (χ1) is 7.25. The Morgan fingerprint density at radius 2 is 2.00 bits per heavy atom. The van der Waals surface area contributed by atoms with Crippen LogP contribution in [-0.4, -0.2) is 19.2 Å². The van der Waals surface area contributed by atoms with E-state index in [1.165, 1.54) is 25.5 Å². The van der Waals surface area contributed by atoms with Crippen molar-refractivity contribution in [2.45, 2.75) is 45.6 Å². The summed E-state index contributed by atoms with van der Waals surface area (Å²) in [5.74, 6) is 1.66. The first kappa shape index (κ1) is 12.6. The number of ether oxygens (including phenoxy) is 1. The van der Waals surface area contributed by atoms with Crippen LogP contribution in [0.3, 0.4) is 0 Å². The van der Waals surface area contributed by atoms with Gasteiger partial charge in [0, 0.05) is 6.04 Å². The molecule has 1 aliphatic rings. The lowest BCUT2D eigenvalue weighted by Crippen LogP contribution is -2.43. The number of hydrogen-bond donors (Lipinski definition) is 1. The average Bonchev–Trinajstić information content (AvgIpc) is 2.21. The van der Waals surface area contributed by atoms with Gasteiger partial charge < -0.3 is 10.1 Å². The van der Waals surface area contributed by atoms with E-state index in [-0.39, 0.29) is 0 Å². The number of nitrogens with one attached hydrogen (secondary N) is 1. The molecule has 0 aliphatic heterocycles. The van der Waals surface area contributed by atoms with E-state index in [9.17, 15) is 0 Å². The maximum atomic E-state index is 5.10. The minimum Gasteiger partial charge on any atom is -0.502 e. The lowest BCUT2D eigenvalue weighted by Gasteiger charge is -2.35. The van der Waals surface area contributed by atoms with Crippen molar-refractivity contribution in [1.82, 2.24) is 5.32 Å². The van der Waals surface area contributed by atoms with Crippen molar-refractivity contribution in [2.75, 3.05) is 13.2 Å². The molecular formula is C13H25NO. The molecule has 88 valence electrons. The van der Waals surface area contributed by atoms with E-state index in [2.05, 4.69) is 25.7 Å². The highest BCUT2D eigenvalue weighted by molar-refractivity contribution is 4.83. The third kappa shape index (κ3) is 4.25. The number of hydrogen-bond acceptors (Lipinski definition) is 2. The van der Waals surface area contributed by atoms with Crippen LogP contribution in [0.5, 0.6) is 0 Å². The Hall–Kier alpha value is -0.500. The van der Waals surface area contributed by atoms with Crippen molar-refractivity contribution in [2.24, 2.45) is 11.8 Å². The van der Waals surface area contributed by atoms with Gasteiger partial charge in [-0.3, -0.25) is 0 Å². The van der Waals surface area contributed by atoms with Crippen LogP contribution in [0.4, 0.5) is 0 Å². The Morgan fingerprint density at radius 1 is 1.33 bits per heavy atom. The van der Waals surface area contributed by atoms with Crippen molar-refractivity contribution in [3.63, 3.8) is 0 Å². The summed E-state index contributed by atoms with van der Waals surface area (Å²) in [6, 6.07) is 0.711. The number of rotatable bonds is 6. The van der Waals surface area contributed by atoms with Crippen LogP contribution in [0.1, 0.15) is 39.5 Å². The van der Waals surface area contributed by atoms with Crippen molar-refractivity contribution >= 4 is 0 Å². The summed E-state index contributed by atoms with van der Waals surface area (Å²) in [6.45, 7) is 10.1. The van der Waals surface area contributed by atoms with Crippen LogP contribution < -0.4 is 5.32 Å². The molecule has 0 bridgehead atoms. The molecule has 0 amide bonds. The molecule has 2 atom stereocenters. The molecule has 0 saturated heterocycles. The van der Waals surface area contributed by atoms with Crippen LogP contribution in [-0.2, 0) is 4.74 Å². The molecule has 2 heteroatoms. The molecule has 0 radical (unpaired) electrons. The van der Waals surface area contributed by atoms with Gasteiger partial charge in [-0.25, -0.2) is 0 Å². The molecule has 1 rings (SSSR count). The van der Waals surface area contributed by atoms with Gasteiger partial charge in [-0.05, 0) is 37.6 Å². The largest absolute Gasteiger partial charge is 0.502 e. The summed E-state index contributed by atoms with van der Waals surface area (Å²) in [5, 5.41) is 3.67. The zero-order valence-electron chi connectivity index (χ0n) is 10.2. The molecule has 0 spiro atoms. The molecular weight excluding hydrogens is 186 g/mol. The smallest absolute Gasteiger partial charge is 0.0885 e. The quantitative estimate of drug-likeness (QED) is 0.539. The van der Waals surface area contributed by atoms with E-state index in [4.69, 9.17) is 4.74 Å². The highest BCUT2D eigenvalue weighted by atomic mass is 16.5.